The van der Waals surface area contributed by atoms with Gasteiger partial charge in [-0.25, -0.2) is 0 Å². The molecule has 1 unspecified atom stereocenters. The van der Waals surface area contributed by atoms with Crippen LogP contribution in [0.5, 0.6) is 0 Å². The smallest absolute Gasteiger partial charge is 0.147 e. The third-order valence-electron chi connectivity index (χ3n) is 3.39. The molecule has 0 saturated heterocycles. The second-order valence-electron chi connectivity index (χ2n) is 4.86. The minimum Gasteiger partial charge on any atom is -0.315 e. The molecule has 1 aliphatic rings. The summed E-state index contributed by atoms with van der Waals surface area (Å²) in [6.45, 7) is 8.70. The van der Waals surface area contributed by atoms with Crippen LogP contribution in [0.2, 0.25) is 0 Å². The van der Waals surface area contributed by atoms with E-state index in [-0.39, 0.29) is 0 Å². The summed E-state index contributed by atoms with van der Waals surface area (Å²) in [5.74, 6) is 3.41. The Balaban J connectivity index is 1.93. The van der Waals surface area contributed by atoms with E-state index in [9.17, 15) is 0 Å². The van der Waals surface area contributed by atoms with Gasteiger partial charge < -0.3 is 4.57 Å². The summed E-state index contributed by atoms with van der Waals surface area (Å²) in [6, 6.07) is 0. The third kappa shape index (κ3) is 2.58. The molecule has 0 N–H and O–H groups in total. The molecule has 0 fully saturated rings. The Hall–Kier alpha value is -0.550. The van der Waals surface area contributed by atoms with E-state index in [4.69, 9.17) is 0 Å². The van der Waals surface area contributed by atoms with Crippen LogP contribution in [0, 0.1) is 11.8 Å². The standard InChI is InChI=1S/C11H20N4S/c1-9(2)10(7-16)5-14-3-4-15-8-12-13-11(15)6-14/h8-10,16H,3-7H2,1-2H3. The van der Waals surface area contributed by atoms with Gasteiger partial charge in [0.05, 0.1) is 6.54 Å². The van der Waals surface area contributed by atoms with E-state index in [1.165, 1.54) is 0 Å². The number of rotatable bonds is 4. The van der Waals surface area contributed by atoms with Crippen LogP contribution in [-0.2, 0) is 13.1 Å². The number of nitrogens with zero attached hydrogens (tertiary/aromatic N) is 4. The van der Waals surface area contributed by atoms with Crippen LogP contribution >= 0.6 is 12.6 Å². The van der Waals surface area contributed by atoms with Crippen molar-refractivity contribution in [2.75, 3.05) is 18.8 Å². The molecular weight excluding hydrogens is 220 g/mol. The van der Waals surface area contributed by atoms with Gasteiger partial charge in [-0.3, -0.25) is 4.90 Å². The molecule has 0 aromatic carbocycles. The van der Waals surface area contributed by atoms with Crippen molar-refractivity contribution in [1.29, 1.82) is 0 Å². The first-order valence-corrected chi connectivity index (χ1v) is 6.54. The van der Waals surface area contributed by atoms with Crippen LogP contribution in [0.15, 0.2) is 6.33 Å². The van der Waals surface area contributed by atoms with Crippen LogP contribution in [0.1, 0.15) is 19.7 Å². The SMILES string of the molecule is CC(C)C(CS)CN1CCn2cnnc2C1. The van der Waals surface area contributed by atoms with Crippen molar-refractivity contribution in [3.63, 3.8) is 0 Å². The minimum absolute atomic E-state index is 0.665. The predicted molar refractivity (Wildman–Crippen MR) is 67.5 cm³/mol. The summed E-state index contributed by atoms with van der Waals surface area (Å²) in [4.78, 5) is 2.46. The Labute approximate surface area is 102 Å². The van der Waals surface area contributed by atoms with Gasteiger partial charge in [-0.15, -0.1) is 10.2 Å². The highest BCUT2D eigenvalue weighted by Crippen LogP contribution is 2.17. The Kier molecular flexibility index (Phi) is 3.86. The van der Waals surface area contributed by atoms with Gasteiger partial charge in [0.25, 0.3) is 0 Å². The first-order valence-electron chi connectivity index (χ1n) is 5.90. The fourth-order valence-corrected chi connectivity index (χ4v) is 2.62. The van der Waals surface area contributed by atoms with Crippen LogP contribution in [0.3, 0.4) is 0 Å². The van der Waals surface area contributed by atoms with Crippen molar-refractivity contribution in [1.82, 2.24) is 19.7 Å². The highest BCUT2D eigenvalue weighted by atomic mass is 32.1. The normalized spacial score (nSPS) is 18.8. The molecule has 16 heavy (non-hydrogen) atoms. The third-order valence-corrected chi connectivity index (χ3v) is 3.86. The summed E-state index contributed by atoms with van der Waals surface area (Å²) in [7, 11) is 0. The molecule has 1 aromatic rings. The molecule has 0 amide bonds. The van der Waals surface area contributed by atoms with E-state index in [2.05, 4.69) is 46.1 Å². The van der Waals surface area contributed by atoms with E-state index in [1.54, 1.807) is 0 Å². The molecule has 4 nitrogen and oxygen atoms in total. The van der Waals surface area contributed by atoms with Gasteiger partial charge in [0.1, 0.15) is 12.2 Å². The van der Waals surface area contributed by atoms with Gasteiger partial charge in [0.2, 0.25) is 0 Å². The van der Waals surface area contributed by atoms with Gasteiger partial charge in [-0.1, -0.05) is 13.8 Å². The van der Waals surface area contributed by atoms with E-state index >= 15 is 0 Å². The minimum atomic E-state index is 0.665. The Bertz CT molecular complexity index is 336. The molecule has 0 radical (unpaired) electrons. The number of aromatic nitrogens is 3. The van der Waals surface area contributed by atoms with Crippen molar-refractivity contribution < 1.29 is 0 Å². The molecule has 0 bridgehead atoms. The molecule has 0 saturated carbocycles. The fourth-order valence-electron chi connectivity index (χ4n) is 2.08. The van der Waals surface area contributed by atoms with Crippen molar-refractivity contribution in [2.45, 2.75) is 26.9 Å². The first-order chi connectivity index (χ1) is 7.70. The largest absolute Gasteiger partial charge is 0.315 e. The summed E-state index contributed by atoms with van der Waals surface area (Å²) in [6.07, 6.45) is 1.82. The number of fused-ring (bicyclic) bond motifs is 1. The number of thiol groups is 1. The lowest BCUT2D eigenvalue weighted by atomic mass is 9.97. The average molecular weight is 240 g/mol. The number of hydrogen-bond acceptors (Lipinski definition) is 4. The fraction of sp³-hybridized carbons (Fsp3) is 0.818. The maximum Gasteiger partial charge on any atom is 0.147 e. The molecule has 5 heteroatoms. The lowest BCUT2D eigenvalue weighted by Crippen LogP contribution is -2.38. The lowest BCUT2D eigenvalue weighted by molar-refractivity contribution is 0.173. The topological polar surface area (TPSA) is 34.0 Å². The highest BCUT2D eigenvalue weighted by molar-refractivity contribution is 7.80. The van der Waals surface area contributed by atoms with Gasteiger partial charge in [-0.2, -0.15) is 12.6 Å². The Morgan fingerprint density at radius 1 is 1.44 bits per heavy atom. The maximum absolute atomic E-state index is 4.44. The highest BCUT2D eigenvalue weighted by Gasteiger charge is 2.21. The van der Waals surface area contributed by atoms with Crippen LogP contribution in [-0.4, -0.2) is 38.5 Å². The zero-order chi connectivity index (χ0) is 11.5. The molecule has 2 heterocycles. The van der Waals surface area contributed by atoms with Gasteiger partial charge in [-0.05, 0) is 17.6 Å². The molecule has 90 valence electrons. The van der Waals surface area contributed by atoms with E-state index in [1.807, 2.05) is 6.33 Å². The maximum atomic E-state index is 4.44. The van der Waals surface area contributed by atoms with Crippen molar-refractivity contribution in [3.05, 3.63) is 12.2 Å². The zero-order valence-electron chi connectivity index (χ0n) is 10.0. The van der Waals surface area contributed by atoms with Crippen molar-refractivity contribution in [2.24, 2.45) is 11.8 Å². The average Bonchev–Trinajstić information content (AvgIpc) is 2.72. The summed E-state index contributed by atoms with van der Waals surface area (Å²) in [5, 5.41) is 8.08. The van der Waals surface area contributed by atoms with Gasteiger partial charge in [0, 0.05) is 19.6 Å². The molecule has 0 aliphatic carbocycles. The van der Waals surface area contributed by atoms with Crippen molar-refractivity contribution >= 4 is 12.6 Å². The van der Waals surface area contributed by atoms with Gasteiger partial charge >= 0.3 is 0 Å². The van der Waals surface area contributed by atoms with Crippen LogP contribution in [0.4, 0.5) is 0 Å². The Morgan fingerprint density at radius 3 is 2.94 bits per heavy atom. The van der Waals surface area contributed by atoms with E-state index in [0.717, 1.165) is 37.8 Å². The van der Waals surface area contributed by atoms with Crippen LogP contribution in [0.25, 0.3) is 0 Å². The van der Waals surface area contributed by atoms with E-state index in [0.29, 0.717) is 11.8 Å². The van der Waals surface area contributed by atoms with Crippen LogP contribution < -0.4 is 0 Å². The first kappa shape index (κ1) is 11.9. The summed E-state index contributed by atoms with van der Waals surface area (Å²) < 4.78 is 2.14. The molecule has 2 rings (SSSR count). The van der Waals surface area contributed by atoms with E-state index < -0.39 is 0 Å². The summed E-state index contributed by atoms with van der Waals surface area (Å²) in [5.41, 5.74) is 0. The lowest BCUT2D eigenvalue weighted by Gasteiger charge is -2.31. The predicted octanol–water partition coefficient (Wildman–Crippen LogP) is 1.30. The molecule has 1 aromatic heterocycles. The summed E-state index contributed by atoms with van der Waals surface area (Å²) >= 11 is 4.44. The molecular formula is C11H20N4S. The second-order valence-corrected chi connectivity index (χ2v) is 5.23. The van der Waals surface area contributed by atoms with Crippen molar-refractivity contribution in [3.8, 4) is 0 Å². The molecule has 0 spiro atoms. The zero-order valence-corrected chi connectivity index (χ0v) is 10.9. The monoisotopic (exact) mass is 240 g/mol. The number of hydrogen-bond donors (Lipinski definition) is 1. The second kappa shape index (κ2) is 5.19. The Morgan fingerprint density at radius 2 is 2.25 bits per heavy atom. The molecule has 1 atom stereocenters. The molecule has 1 aliphatic heterocycles. The van der Waals surface area contributed by atoms with Gasteiger partial charge in [0.15, 0.2) is 0 Å². The quantitative estimate of drug-likeness (QED) is 0.805.